The fourth-order valence-corrected chi connectivity index (χ4v) is 2.99. The Bertz CT molecular complexity index is 704. The lowest BCUT2D eigenvalue weighted by Crippen LogP contribution is -2.44. The number of benzene rings is 1. The first kappa shape index (κ1) is 15.9. The van der Waals surface area contributed by atoms with Gasteiger partial charge in [0.2, 0.25) is 0 Å². The molecule has 6 heteroatoms. The monoisotopic (exact) mass is 332 g/mol. The van der Waals surface area contributed by atoms with Gasteiger partial charge in [-0.05, 0) is 37.4 Å². The number of carbonyl (C=O) groups excluding carboxylic acids is 1. The number of aromatic nitrogens is 1. The van der Waals surface area contributed by atoms with Gasteiger partial charge in [-0.3, -0.25) is 4.79 Å². The van der Waals surface area contributed by atoms with Crippen molar-refractivity contribution in [3.05, 3.63) is 47.2 Å². The van der Waals surface area contributed by atoms with Gasteiger partial charge in [0.15, 0.2) is 0 Å². The molecule has 1 aromatic carbocycles. The second-order valence-corrected chi connectivity index (χ2v) is 6.35. The average Bonchev–Trinajstić information content (AvgIpc) is 2.95. The van der Waals surface area contributed by atoms with E-state index in [0.29, 0.717) is 10.7 Å². The van der Waals surface area contributed by atoms with E-state index in [4.69, 9.17) is 11.6 Å². The molecule has 1 N–H and O–H groups in total. The van der Waals surface area contributed by atoms with Gasteiger partial charge >= 0.3 is 0 Å². The molecule has 0 aliphatic carbocycles. The van der Waals surface area contributed by atoms with Gasteiger partial charge < -0.3 is 19.7 Å². The summed E-state index contributed by atoms with van der Waals surface area (Å²) in [7, 11) is 3.98. The predicted octanol–water partition coefficient (Wildman–Crippen LogP) is 2.68. The topological polar surface area (TPSA) is 40.5 Å². The standard InChI is InChI=1S/C17H21ClN4O/c1-20-8-10-22(11-9-20)15-6-5-13(18)12-14(15)19-17(23)16-4-3-7-21(16)2/h3-7,12H,8-11H2,1-2H3,(H,19,23). The molecule has 1 saturated heterocycles. The first-order valence-electron chi connectivity index (χ1n) is 7.70. The van der Waals surface area contributed by atoms with Gasteiger partial charge in [-0.2, -0.15) is 0 Å². The van der Waals surface area contributed by atoms with Crippen molar-refractivity contribution in [3.8, 4) is 0 Å². The molecule has 0 saturated carbocycles. The van der Waals surface area contributed by atoms with Crippen molar-refractivity contribution in [2.24, 2.45) is 7.05 Å². The van der Waals surface area contributed by atoms with Crippen LogP contribution >= 0.6 is 11.6 Å². The minimum Gasteiger partial charge on any atom is -0.367 e. The van der Waals surface area contributed by atoms with Crippen LogP contribution in [0.5, 0.6) is 0 Å². The molecule has 1 fully saturated rings. The van der Waals surface area contributed by atoms with Crippen LogP contribution in [0.1, 0.15) is 10.5 Å². The molecule has 2 heterocycles. The molecule has 0 unspecified atom stereocenters. The predicted molar refractivity (Wildman–Crippen MR) is 94.5 cm³/mol. The van der Waals surface area contributed by atoms with Crippen molar-refractivity contribution < 1.29 is 4.79 Å². The van der Waals surface area contributed by atoms with Gasteiger partial charge in [-0.15, -0.1) is 0 Å². The number of piperazine rings is 1. The van der Waals surface area contributed by atoms with E-state index in [0.717, 1.165) is 37.6 Å². The van der Waals surface area contributed by atoms with E-state index in [9.17, 15) is 4.79 Å². The number of aryl methyl sites for hydroxylation is 1. The van der Waals surface area contributed by atoms with E-state index in [1.165, 1.54) is 0 Å². The van der Waals surface area contributed by atoms with Gasteiger partial charge in [0, 0.05) is 44.4 Å². The minimum absolute atomic E-state index is 0.129. The maximum absolute atomic E-state index is 12.5. The Labute approximate surface area is 141 Å². The maximum Gasteiger partial charge on any atom is 0.272 e. The van der Waals surface area contributed by atoms with Crippen LogP contribution in [0.4, 0.5) is 11.4 Å². The molecule has 0 radical (unpaired) electrons. The number of rotatable bonds is 3. The van der Waals surface area contributed by atoms with Crippen molar-refractivity contribution in [2.45, 2.75) is 0 Å². The number of nitrogens with zero attached hydrogens (tertiary/aromatic N) is 3. The molecule has 0 bridgehead atoms. The first-order valence-corrected chi connectivity index (χ1v) is 8.08. The average molecular weight is 333 g/mol. The van der Waals surface area contributed by atoms with Gasteiger partial charge in [0.25, 0.3) is 5.91 Å². The molecule has 1 aliphatic rings. The molecule has 0 atom stereocenters. The third-order valence-corrected chi connectivity index (χ3v) is 4.46. The van der Waals surface area contributed by atoms with Crippen LogP contribution in [0.3, 0.4) is 0 Å². The number of hydrogen-bond donors (Lipinski definition) is 1. The van der Waals surface area contributed by atoms with Gasteiger partial charge in [-0.25, -0.2) is 0 Å². The smallest absolute Gasteiger partial charge is 0.272 e. The molecular formula is C17H21ClN4O. The molecule has 23 heavy (non-hydrogen) atoms. The lowest BCUT2D eigenvalue weighted by molar-refractivity contribution is 0.101. The fraction of sp³-hybridized carbons (Fsp3) is 0.353. The van der Waals surface area contributed by atoms with Crippen LogP contribution in [0.15, 0.2) is 36.5 Å². The summed E-state index contributed by atoms with van der Waals surface area (Å²) in [4.78, 5) is 17.1. The number of likely N-dealkylation sites (N-methyl/N-ethyl adjacent to an activating group) is 1. The van der Waals surface area contributed by atoms with Crippen LogP contribution in [-0.2, 0) is 7.05 Å². The van der Waals surface area contributed by atoms with Crippen LogP contribution in [-0.4, -0.2) is 48.6 Å². The lowest BCUT2D eigenvalue weighted by atomic mass is 10.2. The second-order valence-electron chi connectivity index (χ2n) is 5.91. The van der Waals surface area contributed by atoms with Crippen molar-refractivity contribution in [2.75, 3.05) is 43.4 Å². The Balaban J connectivity index is 1.85. The highest BCUT2D eigenvalue weighted by molar-refractivity contribution is 6.31. The third kappa shape index (κ3) is 3.51. The summed E-state index contributed by atoms with van der Waals surface area (Å²) in [5, 5.41) is 3.62. The zero-order valence-electron chi connectivity index (χ0n) is 13.4. The normalized spacial score (nSPS) is 15.7. The van der Waals surface area contributed by atoms with Crippen LogP contribution < -0.4 is 10.2 Å². The maximum atomic E-state index is 12.5. The minimum atomic E-state index is -0.129. The Morgan fingerprint density at radius 1 is 1.13 bits per heavy atom. The molecule has 3 rings (SSSR count). The van der Waals surface area contributed by atoms with E-state index < -0.39 is 0 Å². The summed E-state index contributed by atoms with van der Waals surface area (Å²) < 4.78 is 1.80. The summed E-state index contributed by atoms with van der Waals surface area (Å²) in [6.07, 6.45) is 1.86. The zero-order chi connectivity index (χ0) is 16.4. The highest BCUT2D eigenvalue weighted by atomic mass is 35.5. The molecule has 122 valence electrons. The summed E-state index contributed by atoms with van der Waals surface area (Å²) >= 11 is 6.14. The number of anilines is 2. The fourth-order valence-electron chi connectivity index (χ4n) is 2.81. The first-order chi connectivity index (χ1) is 11.0. The number of halogens is 1. The van der Waals surface area contributed by atoms with Crippen molar-refractivity contribution >= 4 is 28.9 Å². The highest BCUT2D eigenvalue weighted by Gasteiger charge is 2.19. The molecule has 1 amide bonds. The quantitative estimate of drug-likeness (QED) is 0.939. The van der Waals surface area contributed by atoms with Gasteiger partial charge in [-0.1, -0.05) is 11.6 Å². The largest absolute Gasteiger partial charge is 0.367 e. The Morgan fingerprint density at radius 3 is 2.52 bits per heavy atom. The van der Waals surface area contributed by atoms with Gasteiger partial charge in [0.1, 0.15) is 5.69 Å². The van der Waals surface area contributed by atoms with Crippen molar-refractivity contribution in [3.63, 3.8) is 0 Å². The molecule has 5 nitrogen and oxygen atoms in total. The van der Waals surface area contributed by atoms with E-state index in [1.54, 1.807) is 10.6 Å². The van der Waals surface area contributed by atoms with E-state index in [-0.39, 0.29) is 5.91 Å². The van der Waals surface area contributed by atoms with Crippen LogP contribution in [0, 0.1) is 0 Å². The summed E-state index contributed by atoms with van der Waals surface area (Å²) in [6.45, 7) is 3.89. The van der Waals surface area contributed by atoms with Crippen LogP contribution in [0.25, 0.3) is 0 Å². The van der Waals surface area contributed by atoms with Crippen molar-refractivity contribution in [1.29, 1.82) is 0 Å². The van der Waals surface area contributed by atoms with E-state index in [1.807, 2.05) is 37.5 Å². The summed E-state index contributed by atoms with van der Waals surface area (Å²) in [5.74, 6) is -0.129. The van der Waals surface area contributed by atoms with Gasteiger partial charge in [0.05, 0.1) is 11.4 Å². The van der Waals surface area contributed by atoms with Crippen molar-refractivity contribution in [1.82, 2.24) is 9.47 Å². The number of amides is 1. The molecule has 1 aromatic heterocycles. The Morgan fingerprint density at radius 2 is 1.87 bits per heavy atom. The number of hydrogen-bond acceptors (Lipinski definition) is 3. The SMILES string of the molecule is CN1CCN(c2ccc(Cl)cc2NC(=O)c2cccn2C)CC1. The second kappa shape index (κ2) is 6.64. The Kier molecular flexibility index (Phi) is 4.59. The summed E-state index contributed by atoms with van der Waals surface area (Å²) in [6, 6.07) is 9.32. The molecule has 0 spiro atoms. The third-order valence-electron chi connectivity index (χ3n) is 4.23. The Hall–Kier alpha value is -1.98. The molecular weight excluding hydrogens is 312 g/mol. The highest BCUT2D eigenvalue weighted by Crippen LogP contribution is 2.30. The number of carbonyl (C=O) groups is 1. The zero-order valence-corrected chi connectivity index (χ0v) is 14.2. The van der Waals surface area contributed by atoms with E-state index >= 15 is 0 Å². The van der Waals surface area contributed by atoms with Crippen LogP contribution in [0.2, 0.25) is 5.02 Å². The van der Waals surface area contributed by atoms with E-state index in [2.05, 4.69) is 22.2 Å². The lowest BCUT2D eigenvalue weighted by Gasteiger charge is -2.35. The number of nitrogens with one attached hydrogen (secondary N) is 1. The molecule has 1 aliphatic heterocycles. The molecule has 2 aromatic rings. The summed E-state index contributed by atoms with van der Waals surface area (Å²) in [5.41, 5.74) is 2.40.